The molecule has 21 heavy (non-hydrogen) atoms. The fourth-order valence-electron chi connectivity index (χ4n) is 2.62. The van der Waals surface area contributed by atoms with Crippen LogP contribution in [0.2, 0.25) is 0 Å². The highest BCUT2D eigenvalue weighted by Crippen LogP contribution is 2.31. The zero-order valence-electron chi connectivity index (χ0n) is 12.3. The van der Waals surface area contributed by atoms with Gasteiger partial charge in [0.05, 0.1) is 14.2 Å². The molecule has 0 aliphatic heterocycles. The van der Waals surface area contributed by atoms with Crippen molar-refractivity contribution in [1.82, 2.24) is 5.16 Å². The normalized spacial score (nSPS) is 13.6. The summed E-state index contributed by atoms with van der Waals surface area (Å²) in [5, 5.41) is 4.13. The van der Waals surface area contributed by atoms with E-state index in [1.807, 2.05) is 18.2 Å². The Morgan fingerprint density at radius 2 is 1.90 bits per heavy atom. The predicted molar refractivity (Wildman–Crippen MR) is 77.0 cm³/mol. The first kappa shape index (κ1) is 13.8. The van der Waals surface area contributed by atoms with E-state index in [0.29, 0.717) is 18.1 Å². The third-order valence-electron chi connectivity index (χ3n) is 3.76. The molecule has 5 heteroatoms. The molecular formula is C16H19NO4. The number of hydrogen-bond donors (Lipinski definition) is 0. The number of fused-ring (bicyclic) bond motifs is 1. The Morgan fingerprint density at radius 3 is 2.71 bits per heavy atom. The van der Waals surface area contributed by atoms with Gasteiger partial charge < -0.3 is 18.7 Å². The number of ether oxygens (including phenoxy) is 3. The second-order valence-electron chi connectivity index (χ2n) is 5.04. The van der Waals surface area contributed by atoms with Crippen LogP contribution in [0.25, 0.3) is 0 Å². The highest BCUT2D eigenvalue weighted by molar-refractivity contribution is 5.45. The number of rotatable bonds is 5. The molecule has 0 saturated heterocycles. The van der Waals surface area contributed by atoms with Gasteiger partial charge in [-0.2, -0.15) is 0 Å². The number of nitrogens with zero attached hydrogens (tertiary/aromatic N) is 1. The molecule has 0 radical (unpaired) electrons. The highest BCUT2D eigenvalue weighted by Gasteiger charge is 2.19. The van der Waals surface area contributed by atoms with Gasteiger partial charge in [-0.15, -0.1) is 0 Å². The summed E-state index contributed by atoms with van der Waals surface area (Å²) in [5.74, 6) is 3.08. The molecule has 0 amide bonds. The number of aromatic nitrogens is 1. The van der Waals surface area contributed by atoms with Gasteiger partial charge in [0.25, 0.3) is 0 Å². The number of benzene rings is 1. The molecule has 0 spiro atoms. The van der Waals surface area contributed by atoms with Gasteiger partial charge in [-0.05, 0) is 31.4 Å². The molecule has 5 nitrogen and oxygen atoms in total. The lowest BCUT2D eigenvalue weighted by Gasteiger charge is -2.11. The van der Waals surface area contributed by atoms with Gasteiger partial charge in [-0.25, -0.2) is 0 Å². The van der Waals surface area contributed by atoms with Crippen molar-refractivity contribution < 1.29 is 18.7 Å². The van der Waals surface area contributed by atoms with Gasteiger partial charge in [0.1, 0.15) is 23.8 Å². The summed E-state index contributed by atoms with van der Waals surface area (Å²) < 4.78 is 21.7. The Balaban J connectivity index is 1.71. The molecule has 1 aliphatic carbocycles. The van der Waals surface area contributed by atoms with Gasteiger partial charge in [0, 0.05) is 18.1 Å². The van der Waals surface area contributed by atoms with E-state index in [1.54, 1.807) is 14.2 Å². The molecule has 0 bridgehead atoms. The first-order valence-electron chi connectivity index (χ1n) is 7.13. The van der Waals surface area contributed by atoms with Crippen LogP contribution in [-0.4, -0.2) is 19.4 Å². The van der Waals surface area contributed by atoms with Crippen LogP contribution >= 0.6 is 0 Å². The fourth-order valence-corrected chi connectivity index (χ4v) is 2.62. The molecule has 0 fully saturated rings. The molecule has 2 aromatic rings. The van der Waals surface area contributed by atoms with Crippen LogP contribution in [0, 0.1) is 0 Å². The van der Waals surface area contributed by atoms with E-state index >= 15 is 0 Å². The summed E-state index contributed by atoms with van der Waals surface area (Å²) in [5.41, 5.74) is 2.13. The molecular weight excluding hydrogens is 270 g/mol. The molecule has 0 atom stereocenters. The molecule has 1 heterocycles. The second-order valence-corrected chi connectivity index (χ2v) is 5.04. The van der Waals surface area contributed by atoms with Crippen molar-refractivity contribution in [1.29, 1.82) is 0 Å². The highest BCUT2D eigenvalue weighted by atomic mass is 16.5. The maximum atomic E-state index is 5.80. The zero-order chi connectivity index (χ0) is 14.7. The average Bonchev–Trinajstić information content (AvgIpc) is 2.96. The molecule has 0 N–H and O–H groups in total. The molecule has 1 aliphatic rings. The number of methoxy groups -OCH3 is 2. The van der Waals surface area contributed by atoms with E-state index in [4.69, 9.17) is 18.7 Å². The topological polar surface area (TPSA) is 53.7 Å². The van der Waals surface area contributed by atoms with Crippen molar-refractivity contribution in [3.05, 3.63) is 35.2 Å². The van der Waals surface area contributed by atoms with Crippen LogP contribution in [0.15, 0.2) is 22.7 Å². The molecule has 3 rings (SSSR count). The Morgan fingerprint density at radius 1 is 1.10 bits per heavy atom. The van der Waals surface area contributed by atoms with Gasteiger partial charge >= 0.3 is 0 Å². The van der Waals surface area contributed by atoms with Crippen LogP contribution < -0.4 is 14.2 Å². The van der Waals surface area contributed by atoms with E-state index in [2.05, 4.69) is 5.16 Å². The van der Waals surface area contributed by atoms with Crippen molar-refractivity contribution in [3.8, 4) is 17.2 Å². The van der Waals surface area contributed by atoms with E-state index < -0.39 is 0 Å². The maximum Gasteiger partial charge on any atom is 0.164 e. The second kappa shape index (κ2) is 6.08. The van der Waals surface area contributed by atoms with Crippen molar-refractivity contribution in [2.24, 2.45) is 0 Å². The SMILES string of the molecule is COc1ccc(OCc2noc3c2CCCC3)cc1OC. The number of aryl methyl sites for hydroxylation is 1. The molecule has 0 unspecified atom stereocenters. The fraction of sp³-hybridized carbons (Fsp3) is 0.438. The monoisotopic (exact) mass is 289 g/mol. The quantitative estimate of drug-likeness (QED) is 0.846. The minimum Gasteiger partial charge on any atom is -0.493 e. The van der Waals surface area contributed by atoms with Crippen molar-refractivity contribution in [2.75, 3.05) is 14.2 Å². The van der Waals surface area contributed by atoms with Crippen LogP contribution in [-0.2, 0) is 19.4 Å². The minimum atomic E-state index is 0.411. The first-order valence-corrected chi connectivity index (χ1v) is 7.13. The van der Waals surface area contributed by atoms with Gasteiger partial charge in [0.2, 0.25) is 0 Å². The van der Waals surface area contributed by atoms with E-state index in [1.165, 1.54) is 18.4 Å². The predicted octanol–water partition coefficient (Wildman–Crippen LogP) is 3.15. The summed E-state index contributed by atoms with van der Waals surface area (Å²) in [6, 6.07) is 5.49. The minimum absolute atomic E-state index is 0.411. The maximum absolute atomic E-state index is 5.80. The van der Waals surface area contributed by atoms with Crippen molar-refractivity contribution in [3.63, 3.8) is 0 Å². The van der Waals surface area contributed by atoms with Crippen LogP contribution in [0.3, 0.4) is 0 Å². The van der Waals surface area contributed by atoms with Crippen molar-refractivity contribution in [2.45, 2.75) is 32.3 Å². The largest absolute Gasteiger partial charge is 0.493 e. The summed E-state index contributed by atoms with van der Waals surface area (Å²) in [4.78, 5) is 0. The van der Waals surface area contributed by atoms with E-state index in [9.17, 15) is 0 Å². The molecule has 1 aromatic carbocycles. The van der Waals surface area contributed by atoms with E-state index in [-0.39, 0.29) is 0 Å². The first-order chi connectivity index (χ1) is 10.3. The smallest absolute Gasteiger partial charge is 0.164 e. The Hall–Kier alpha value is -2.17. The summed E-state index contributed by atoms with van der Waals surface area (Å²) in [6.07, 6.45) is 4.39. The molecule has 112 valence electrons. The third kappa shape index (κ3) is 2.82. The van der Waals surface area contributed by atoms with Gasteiger partial charge in [-0.1, -0.05) is 5.16 Å². The molecule has 0 saturated carbocycles. The van der Waals surface area contributed by atoms with Gasteiger partial charge in [-0.3, -0.25) is 0 Å². The summed E-state index contributed by atoms with van der Waals surface area (Å²) in [6.45, 7) is 0.411. The lowest BCUT2D eigenvalue weighted by molar-refractivity contribution is 0.283. The van der Waals surface area contributed by atoms with E-state index in [0.717, 1.165) is 30.0 Å². The number of hydrogen-bond acceptors (Lipinski definition) is 5. The Kier molecular flexibility index (Phi) is 3.99. The standard InChI is InChI=1S/C16H19NO4/c1-18-15-8-7-11(9-16(15)19-2)20-10-13-12-5-3-4-6-14(12)21-17-13/h7-9H,3-6,10H2,1-2H3. The summed E-state index contributed by atoms with van der Waals surface area (Å²) >= 11 is 0. The Labute approximate surface area is 123 Å². The van der Waals surface area contributed by atoms with Gasteiger partial charge in [0.15, 0.2) is 11.5 Å². The lowest BCUT2D eigenvalue weighted by atomic mass is 9.97. The molecule has 1 aromatic heterocycles. The Bertz CT molecular complexity index is 621. The lowest BCUT2D eigenvalue weighted by Crippen LogP contribution is -2.04. The van der Waals surface area contributed by atoms with Crippen LogP contribution in [0.5, 0.6) is 17.2 Å². The van der Waals surface area contributed by atoms with Crippen LogP contribution in [0.1, 0.15) is 29.9 Å². The third-order valence-corrected chi connectivity index (χ3v) is 3.76. The average molecular weight is 289 g/mol. The zero-order valence-corrected chi connectivity index (χ0v) is 12.3. The summed E-state index contributed by atoms with van der Waals surface area (Å²) in [7, 11) is 3.22. The van der Waals surface area contributed by atoms with Crippen molar-refractivity contribution >= 4 is 0 Å². The van der Waals surface area contributed by atoms with Crippen LogP contribution in [0.4, 0.5) is 0 Å².